The summed E-state index contributed by atoms with van der Waals surface area (Å²) in [5, 5.41) is 8.16. The normalized spacial score (nSPS) is 11.7. The summed E-state index contributed by atoms with van der Waals surface area (Å²) in [6, 6.07) is 0. The summed E-state index contributed by atoms with van der Waals surface area (Å²) >= 11 is 0. The molecule has 1 amide bonds. The Morgan fingerprint density at radius 2 is 2.14 bits per heavy atom. The second-order valence-electron chi connectivity index (χ2n) is 1.08. The number of carbonyl (C=O) groups is 1. The summed E-state index contributed by atoms with van der Waals surface area (Å²) in [5.41, 5.74) is 4.55. The van der Waals surface area contributed by atoms with E-state index in [2.05, 4.69) is 5.73 Å². The van der Waals surface area contributed by atoms with Gasteiger partial charge in [-0.1, -0.05) is 0 Å². The van der Waals surface area contributed by atoms with Crippen LogP contribution in [-0.4, -0.2) is 17.1 Å². The van der Waals surface area contributed by atoms with Gasteiger partial charge in [0.25, 0.3) is 0 Å². The molecule has 3 nitrogen and oxygen atoms in total. The van der Waals surface area contributed by atoms with Crippen LogP contribution >= 0.6 is 0 Å². The number of primary amides is 1. The minimum Gasteiger partial charge on any atom is -1.00 e. The van der Waals surface area contributed by atoms with Crippen LogP contribution in [0.5, 0.6) is 0 Å². The summed E-state index contributed by atoms with van der Waals surface area (Å²) in [5.74, 6) is -0.685. The second kappa shape index (κ2) is 4.59. The van der Waals surface area contributed by atoms with E-state index in [9.17, 15) is 4.79 Å². The molecule has 0 aliphatic rings. The first-order valence-electron chi connectivity index (χ1n) is 1.62. The van der Waals surface area contributed by atoms with Gasteiger partial charge < -0.3 is 12.3 Å². The zero-order valence-corrected chi connectivity index (χ0v) is 6.51. The average molecular weight is 113 g/mol. The first-order chi connectivity index (χ1) is 2.64. The van der Waals surface area contributed by atoms with Crippen LogP contribution in [0.4, 0.5) is 0 Å². The van der Waals surface area contributed by atoms with Crippen LogP contribution in [0.25, 0.3) is 0 Å². The fourth-order valence-corrected chi connectivity index (χ4v) is 0. The van der Waals surface area contributed by atoms with Crippen LogP contribution in [-0.2, 0) is 4.79 Å². The molecule has 0 aromatic rings. The van der Waals surface area contributed by atoms with Crippen LogP contribution in [0, 0.1) is 0 Å². The van der Waals surface area contributed by atoms with Gasteiger partial charge >= 0.3 is 29.6 Å². The van der Waals surface area contributed by atoms with Crippen molar-refractivity contribution in [2.45, 2.75) is 13.0 Å². The Balaban J connectivity index is -0.000000125. The predicted molar refractivity (Wildman–Crippen MR) is 22.0 cm³/mol. The van der Waals surface area contributed by atoms with Gasteiger partial charge in [-0.3, -0.25) is 4.79 Å². The third-order valence-corrected chi connectivity index (χ3v) is 0.412. The van der Waals surface area contributed by atoms with E-state index in [1.54, 1.807) is 0 Å². The molecule has 0 aromatic carbocycles. The largest absolute Gasteiger partial charge is 1.00 e. The van der Waals surface area contributed by atoms with Crippen molar-refractivity contribution < 1.29 is 40.9 Å². The molecule has 0 bridgehead atoms. The maximum atomic E-state index is 9.67. The quantitative estimate of drug-likeness (QED) is 0.340. The van der Waals surface area contributed by atoms with E-state index in [1.807, 2.05) is 0 Å². The number of aliphatic hydroxyl groups is 1. The van der Waals surface area contributed by atoms with Gasteiger partial charge in [-0.05, 0) is 6.92 Å². The fraction of sp³-hybridized carbons (Fsp3) is 0.667. The molecule has 0 fully saturated rings. The number of rotatable bonds is 1. The van der Waals surface area contributed by atoms with Crippen molar-refractivity contribution in [3.8, 4) is 0 Å². The van der Waals surface area contributed by atoms with E-state index in [0.29, 0.717) is 0 Å². The molecule has 1 atom stereocenters. The molecule has 0 aliphatic carbocycles. The summed E-state index contributed by atoms with van der Waals surface area (Å²) in [6.07, 6.45) is -1.01. The van der Waals surface area contributed by atoms with Crippen LogP contribution in [0.2, 0.25) is 0 Å². The fourth-order valence-electron chi connectivity index (χ4n) is 0. The molecule has 38 valence electrons. The Kier molecular flexibility index (Phi) is 6.82. The molecule has 3 N–H and O–H groups in total. The van der Waals surface area contributed by atoms with Gasteiger partial charge in [0.15, 0.2) is 0 Å². The van der Waals surface area contributed by atoms with Gasteiger partial charge in [-0.25, -0.2) is 0 Å². The van der Waals surface area contributed by atoms with Crippen molar-refractivity contribution in [3.63, 3.8) is 0 Å². The molecule has 0 radical (unpaired) electrons. The molecule has 0 saturated heterocycles. The van der Waals surface area contributed by atoms with Crippen molar-refractivity contribution in [1.29, 1.82) is 0 Å². The Bertz CT molecular complexity index is 68.3. The molecule has 1 unspecified atom stereocenters. The molecule has 4 heteroatoms. The number of hydrogen-bond acceptors (Lipinski definition) is 2. The first kappa shape index (κ1) is 10.4. The molecule has 7 heavy (non-hydrogen) atoms. The van der Waals surface area contributed by atoms with Crippen LogP contribution in [0.3, 0.4) is 0 Å². The SMILES string of the molecule is CC(O)C(N)=O.[H-].[Na+]. The number of aliphatic hydroxyl groups excluding tert-OH is 1. The Morgan fingerprint density at radius 3 is 2.14 bits per heavy atom. The van der Waals surface area contributed by atoms with Crippen molar-refractivity contribution in [1.82, 2.24) is 0 Å². The predicted octanol–water partition coefficient (Wildman–Crippen LogP) is -4.03. The Labute approximate surface area is 65.7 Å². The van der Waals surface area contributed by atoms with Gasteiger partial charge in [0.05, 0.1) is 0 Å². The summed E-state index contributed by atoms with van der Waals surface area (Å²) in [7, 11) is 0. The molecular formula is C3H8NNaO2. The standard InChI is InChI=1S/C3H7NO2.Na.H/c1-2(5)3(4)6;;/h2,5H,1H3,(H2,4,6);;/q;+1;-1. The van der Waals surface area contributed by atoms with Crippen LogP contribution < -0.4 is 35.3 Å². The molecule has 0 rings (SSSR count). The van der Waals surface area contributed by atoms with E-state index in [4.69, 9.17) is 5.11 Å². The number of hydrogen-bond donors (Lipinski definition) is 2. The van der Waals surface area contributed by atoms with Gasteiger partial charge in [-0.15, -0.1) is 0 Å². The van der Waals surface area contributed by atoms with E-state index in [1.165, 1.54) is 6.92 Å². The summed E-state index contributed by atoms with van der Waals surface area (Å²) < 4.78 is 0. The van der Waals surface area contributed by atoms with E-state index < -0.39 is 12.0 Å². The average Bonchev–Trinajstić information content (AvgIpc) is 1.36. The van der Waals surface area contributed by atoms with Crippen molar-refractivity contribution in [3.05, 3.63) is 0 Å². The molecule has 0 aromatic heterocycles. The van der Waals surface area contributed by atoms with Gasteiger partial charge in [0.1, 0.15) is 6.10 Å². The number of amides is 1. The summed E-state index contributed by atoms with van der Waals surface area (Å²) in [4.78, 5) is 9.67. The maximum absolute atomic E-state index is 9.67. The Hall–Kier alpha value is 0.430. The topological polar surface area (TPSA) is 63.3 Å². The number of carbonyl (C=O) groups excluding carboxylic acids is 1. The maximum Gasteiger partial charge on any atom is 1.00 e. The minimum absolute atomic E-state index is 0. The third kappa shape index (κ3) is 6.43. The summed E-state index contributed by atoms with van der Waals surface area (Å²) in [6.45, 7) is 1.32. The minimum atomic E-state index is -1.01. The second-order valence-corrected chi connectivity index (χ2v) is 1.08. The van der Waals surface area contributed by atoms with Gasteiger partial charge in [0.2, 0.25) is 5.91 Å². The molecule has 0 spiro atoms. The van der Waals surface area contributed by atoms with Crippen LogP contribution in [0.15, 0.2) is 0 Å². The van der Waals surface area contributed by atoms with Crippen molar-refractivity contribution in [2.75, 3.05) is 0 Å². The van der Waals surface area contributed by atoms with Gasteiger partial charge in [-0.2, -0.15) is 0 Å². The molecule has 0 heterocycles. The zero-order chi connectivity index (χ0) is 5.15. The number of nitrogens with two attached hydrogens (primary N) is 1. The van der Waals surface area contributed by atoms with Gasteiger partial charge in [0, 0.05) is 0 Å². The van der Waals surface area contributed by atoms with E-state index in [0.717, 1.165) is 0 Å². The first-order valence-corrected chi connectivity index (χ1v) is 1.62. The van der Waals surface area contributed by atoms with Crippen LogP contribution in [0.1, 0.15) is 8.35 Å². The molecule has 0 saturated carbocycles. The van der Waals surface area contributed by atoms with Crippen molar-refractivity contribution in [2.24, 2.45) is 5.73 Å². The zero-order valence-electron chi connectivity index (χ0n) is 5.51. The van der Waals surface area contributed by atoms with E-state index in [-0.39, 0.29) is 31.0 Å². The molecular weight excluding hydrogens is 105 g/mol. The smallest absolute Gasteiger partial charge is 1.00 e. The third-order valence-electron chi connectivity index (χ3n) is 0.412. The monoisotopic (exact) mass is 113 g/mol. The molecule has 0 aliphatic heterocycles. The van der Waals surface area contributed by atoms with Crippen molar-refractivity contribution >= 4 is 5.91 Å². The Morgan fingerprint density at radius 1 is 2.00 bits per heavy atom. The van der Waals surface area contributed by atoms with E-state index >= 15 is 0 Å².